The summed E-state index contributed by atoms with van der Waals surface area (Å²) < 4.78 is 5.33. The number of anilines is 1. The van der Waals surface area contributed by atoms with E-state index in [0.717, 1.165) is 5.39 Å². The van der Waals surface area contributed by atoms with Gasteiger partial charge in [-0.3, -0.25) is 15.0 Å². The van der Waals surface area contributed by atoms with E-state index in [0.29, 0.717) is 32.5 Å². The standard InChI is InChI=1S/C17H12N4O3S/c1-9-12(15(22)21-20-9)7-18-17-19-13(8-25-17)11-6-10-4-2-3-5-14(10)24-16(11)23/h2-8,20H,1H2,(H,18,19)(H,21,22)/b12-7-. The zero-order chi connectivity index (χ0) is 17.4. The number of aromatic amines is 2. The summed E-state index contributed by atoms with van der Waals surface area (Å²) in [5, 5.41) is 12.0. The van der Waals surface area contributed by atoms with Gasteiger partial charge in [0, 0.05) is 17.0 Å². The van der Waals surface area contributed by atoms with Crippen LogP contribution in [0.4, 0.5) is 5.13 Å². The van der Waals surface area contributed by atoms with Crippen LogP contribution in [0.5, 0.6) is 0 Å². The molecule has 4 aromatic rings. The quantitative estimate of drug-likeness (QED) is 0.481. The molecule has 0 radical (unpaired) electrons. The molecular weight excluding hydrogens is 340 g/mol. The third kappa shape index (κ3) is 2.79. The Kier molecular flexibility index (Phi) is 3.58. The van der Waals surface area contributed by atoms with Gasteiger partial charge in [0.1, 0.15) is 5.58 Å². The maximum atomic E-state index is 12.2. The highest BCUT2D eigenvalue weighted by atomic mass is 32.1. The third-order valence-corrected chi connectivity index (χ3v) is 4.43. The summed E-state index contributed by atoms with van der Waals surface area (Å²) >= 11 is 1.32. The molecule has 0 atom stereocenters. The lowest BCUT2D eigenvalue weighted by atomic mass is 10.1. The number of hydrogen-bond acceptors (Lipinski definition) is 6. The maximum Gasteiger partial charge on any atom is 0.345 e. The number of nitrogens with zero attached hydrogens (tertiary/aromatic N) is 1. The van der Waals surface area contributed by atoms with Crippen molar-refractivity contribution in [3.63, 3.8) is 0 Å². The highest BCUT2D eigenvalue weighted by Crippen LogP contribution is 2.25. The lowest BCUT2D eigenvalue weighted by molar-refractivity contribution is 0.563. The van der Waals surface area contributed by atoms with E-state index in [1.807, 2.05) is 18.2 Å². The van der Waals surface area contributed by atoms with Crippen LogP contribution in [-0.2, 0) is 0 Å². The van der Waals surface area contributed by atoms with E-state index < -0.39 is 5.63 Å². The van der Waals surface area contributed by atoms with E-state index >= 15 is 0 Å². The van der Waals surface area contributed by atoms with Gasteiger partial charge in [0.2, 0.25) is 0 Å². The molecule has 0 saturated heterocycles. The Labute approximate surface area is 144 Å². The number of thiazole rings is 1. The first-order valence-electron chi connectivity index (χ1n) is 7.33. The second kappa shape index (κ2) is 5.91. The molecule has 0 saturated carbocycles. The Balaban J connectivity index is 1.71. The Hall–Kier alpha value is -3.39. The van der Waals surface area contributed by atoms with Crippen LogP contribution < -0.4 is 27.1 Å². The van der Waals surface area contributed by atoms with Gasteiger partial charge < -0.3 is 9.73 Å². The number of aromatic nitrogens is 3. The van der Waals surface area contributed by atoms with Crippen LogP contribution in [0.3, 0.4) is 0 Å². The molecule has 0 spiro atoms. The first kappa shape index (κ1) is 15.2. The van der Waals surface area contributed by atoms with Gasteiger partial charge in [0.15, 0.2) is 5.13 Å². The van der Waals surface area contributed by atoms with Gasteiger partial charge in [-0.25, -0.2) is 9.78 Å². The summed E-state index contributed by atoms with van der Waals surface area (Å²) in [6.45, 7) is 3.72. The highest BCUT2D eigenvalue weighted by Gasteiger charge is 2.11. The van der Waals surface area contributed by atoms with Crippen molar-refractivity contribution in [1.82, 2.24) is 15.2 Å². The molecule has 3 heterocycles. The largest absolute Gasteiger partial charge is 0.422 e. The van der Waals surface area contributed by atoms with E-state index in [1.54, 1.807) is 17.5 Å². The molecular formula is C17H12N4O3S. The van der Waals surface area contributed by atoms with Gasteiger partial charge in [-0.15, -0.1) is 11.3 Å². The smallest absolute Gasteiger partial charge is 0.345 e. The molecule has 4 rings (SSSR count). The molecule has 3 aromatic heterocycles. The summed E-state index contributed by atoms with van der Waals surface area (Å²) in [6, 6.07) is 9.06. The van der Waals surface area contributed by atoms with Crippen LogP contribution in [0.1, 0.15) is 0 Å². The monoisotopic (exact) mass is 352 g/mol. The van der Waals surface area contributed by atoms with E-state index in [2.05, 4.69) is 27.1 Å². The maximum absolute atomic E-state index is 12.2. The topological polar surface area (TPSA) is 104 Å². The predicted octanol–water partition coefficient (Wildman–Crippen LogP) is 1.19. The Morgan fingerprint density at radius 3 is 2.88 bits per heavy atom. The van der Waals surface area contributed by atoms with Gasteiger partial charge in [-0.05, 0) is 12.1 Å². The van der Waals surface area contributed by atoms with Crippen LogP contribution in [0.15, 0.2) is 49.7 Å². The minimum atomic E-state index is -0.443. The van der Waals surface area contributed by atoms with Crippen molar-refractivity contribution >= 4 is 40.2 Å². The number of rotatable bonds is 3. The fraction of sp³-hybridized carbons (Fsp3) is 0. The van der Waals surface area contributed by atoms with Gasteiger partial charge >= 0.3 is 5.63 Å². The van der Waals surface area contributed by atoms with Crippen molar-refractivity contribution < 1.29 is 4.42 Å². The molecule has 3 N–H and O–H groups in total. The normalized spacial score (nSPS) is 11.9. The summed E-state index contributed by atoms with van der Waals surface area (Å²) in [5.74, 6) is 0. The van der Waals surface area contributed by atoms with Crippen LogP contribution in [-0.4, -0.2) is 15.2 Å². The van der Waals surface area contributed by atoms with Gasteiger partial charge in [0.25, 0.3) is 5.56 Å². The van der Waals surface area contributed by atoms with Crippen molar-refractivity contribution in [1.29, 1.82) is 0 Å². The van der Waals surface area contributed by atoms with Crippen molar-refractivity contribution in [2.75, 3.05) is 5.32 Å². The molecule has 8 heteroatoms. The van der Waals surface area contributed by atoms with Crippen LogP contribution in [0, 0.1) is 0 Å². The summed E-state index contributed by atoms with van der Waals surface area (Å²) in [7, 11) is 0. The van der Waals surface area contributed by atoms with Crippen LogP contribution in [0.25, 0.3) is 35.0 Å². The zero-order valence-corrected chi connectivity index (χ0v) is 13.6. The van der Waals surface area contributed by atoms with Crippen LogP contribution >= 0.6 is 11.3 Å². The number of benzene rings is 1. The average Bonchev–Trinajstić information content (AvgIpc) is 3.19. The molecule has 0 aliphatic heterocycles. The molecule has 0 aliphatic carbocycles. The molecule has 1 aromatic carbocycles. The minimum Gasteiger partial charge on any atom is -0.422 e. The lowest BCUT2D eigenvalue weighted by Gasteiger charge is -1.99. The number of H-pyrrole nitrogens is 2. The highest BCUT2D eigenvalue weighted by molar-refractivity contribution is 7.14. The van der Waals surface area contributed by atoms with Crippen molar-refractivity contribution in [2.24, 2.45) is 0 Å². The van der Waals surface area contributed by atoms with Crippen molar-refractivity contribution in [3.8, 4) is 11.3 Å². The molecule has 25 heavy (non-hydrogen) atoms. The molecule has 0 bridgehead atoms. The molecule has 0 aliphatic rings. The lowest BCUT2D eigenvalue weighted by Crippen LogP contribution is -2.33. The second-order valence-corrected chi connectivity index (χ2v) is 6.14. The van der Waals surface area contributed by atoms with E-state index in [4.69, 9.17) is 4.42 Å². The minimum absolute atomic E-state index is 0.274. The molecule has 0 fully saturated rings. The molecule has 124 valence electrons. The first-order chi connectivity index (χ1) is 12.1. The second-order valence-electron chi connectivity index (χ2n) is 5.28. The Morgan fingerprint density at radius 1 is 1.24 bits per heavy atom. The van der Waals surface area contributed by atoms with E-state index in [9.17, 15) is 9.59 Å². The summed E-state index contributed by atoms with van der Waals surface area (Å²) in [4.78, 5) is 28.2. The third-order valence-electron chi connectivity index (χ3n) is 3.66. The number of hydrogen-bond donors (Lipinski definition) is 3. The van der Waals surface area contributed by atoms with Crippen molar-refractivity contribution in [3.05, 3.63) is 67.1 Å². The van der Waals surface area contributed by atoms with Crippen molar-refractivity contribution in [2.45, 2.75) is 0 Å². The number of para-hydroxylation sites is 1. The fourth-order valence-corrected chi connectivity index (χ4v) is 3.08. The SMILES string of the molecule is C=c1[nH][nH]c(=O)/c1=C\Nc1nc(-c2cc3ccccc3oc2=O)cs1. The van der Waals surface area contributed by atoms with Gasteiger partial charge in [-0.2, -0.15) is 0 Å². The van der Waals surface area contributed by atoms with E-state index in [-0.39, 0.29) is 5.56 Å². The predicted molar refractivity (Wildman–Crippen MR) is 97.9 cm³/mol. The molecule has 0 amide bonds. The summed E-state index contributed by atoms with van der Waals surface area (Å²) in [6.07, 6.45) is 1.52. The van der Waals surface area contributed by atoms with E-state index in [1.165, 1.54) is 17.5 Å². The van der Waals surface area contributed by atoms with Crippen LogP contribution in [0.2, 0.25) is 0 Å². The van der Waals surface area contributed by atoms with Gasteiger partial charge in [-0.1, -0.05) is 24.8 Å². The fourth-order valence-electron chi connectivity index (χ4n) is 2.39. The zero-order valence-electron chi connectivity index (χ0n) is 12.8. The Bertz CT molecular complexity index is 1270. The Morgan fingerprint density at radius 2 is 2.08 bits per heavy atom. The van der Waals surface area contributed by atoms with Gasteiger partial charge in [0.05, 0.1) is 21.8 Å². The average molecular weight is 352 g/mol. The first-order valence-corrected chi connectivity index (χ1v) is 8.21. The number of fused-ring (bicyclic) bond motifs is 1. The molecule has 7 nitrogen and oxygen atoms in total. The summed E-state index contributed by atoms with van der Waals surface area (Å²) in [5.41, 5.74) is 0.720. The molecule has 0 unspecified atom stereocenters. The number of nitrogens with one attached hydrogen (secondary N) is 3.